The standard InChI is InChI=1S/C15H21BrN2O3S/c16-13-5-3-12(4-6-13)9-22(20,21)10-14(19)18-15(11-17)7-1-2-8-15/h3-6H,1-2,7-11,17H2,(H,18,19). The molecule has 1 fully saturated rings. The fourth-order valence-corrected chi connectivity index (χ4v) is 4.39. The molecular formula is C15H21BrN2O3S. The maximum absolute atomic E-state index is 12.2. The summed E-state index contributed by atoms with van der Waals surface area (Å²) in [7, 11) is -3.49. The van der Waals surface area contributed by atoms with Crippen LogP contribution >= 0.6 is 15.9 Å². The van der Waals surface area contributed by atoms with Gasteiger partial charge in [-0.3, -0.25) is 4.79 Å². The molecule has 1 saturated carbocycles. The van der Waals surface area contributed by atoms with Crippen LogP contribution in [0, 0.1) is 0 Å². The van der Waals surface area contributed by atoms with Gasteiger partial charge >= 0.3 is 0 Å². The van der Waals surface area contributed by atoms with E-state index in [0.29, 0.717) is 12.1 Å². The molecule has 122 valence electrons. The lowest BCUT2D eigenvalue weighted by Gasteiger charge is -2.28. The number of benzene rings is 1. The first-order valence-corrected chi connectivity index (χ1v) is 9.92. The number of hydrogen-bond donors (Lipinski definition) is 2. The fourth-order valence-electron chi connectivity index (χ4n) is 2.85. The predicted octanol–water partition coefficient (Wildman–Crippen LogP) is 1.75. The summed E-state index contributed by atoms with van der Waals surface area (Å²) in [6, 6.07) is 7.04. The van der Waals surface area contributed by atoms with Gasteiger partial charge in [0.15, 0.2) is 9.84 Å². The van der Waals surface area contributed by atoms with Crippen molar-refractivity contribution in [3.8, 4) is 0 Å². The van der Waals surface area contributed by atoms with Gasteiger partial charge in [-0.15, -0.1) is 0 Å². The molecule has 0 bridgehead atoms. The zero-order valence-electron chi connectivity index (χ0n) is 12.3. The van der Waals surface area contributed by atoms with Crippen molar-refractivity contribution in [2.75, 3.05) is 12.3 Å². The average molecular weight is 389 g/mol. The molecule has 2 rings (SSSR count). The molecule has 0 aromatic heterocycles. The molecule has 0 atom stereocenters. The lowest BCUT2D eigenvalue weighted by molar-refractivity contribution is -0.120. The third-order valence-corrected chi connectivity index (χ3v) is 6.01. The molecule has 7 heteroatoms. The van der Waals surface area contributed by atoms with Crippen molar-refractivity contribution >= 4 is 31.7 Å². The van der Waals surface area contributed by atoms with Crippen LogP contribution in [0.5, 0.6) is 0 Å². The molecule has 0 aliphatic heterocycles. The van der Waals surface area contributed by atoms with Crippen LogP contribution in [-0.2, 0) is 20.4 Å². The normalized spacial score (nSPS) is 17.4. The minimum atomic E-state index is -3.49. The van der Waals surface area contributed by atoms with Crippen molar-refractivity contribution in [3.05, 3.63) is 34.3 Å². The molecule has 1 amide bonds. The van der Waals surface area contributed by atoms with Crippen molar-refractivity contribution in [1.82, 2.24) is 5.32 Å². The summed E-state index contributed by atoms with van der Waals surface area (Å²) in [5, 5.41) is 2.84. The molecule has 1 aliphatic rings. The van der Waals surface area contributed by atoms with E-state index in [2.05, 4.69) is 21.2 Å². The molecular weight excluding hydrogens is 368 g/mol. The third-order valence-electron chi connectivity index (χ3n) is 4.01. The number of rotatable bonds is 6. The van der Waals surface area contributed by atoms with E-state index >= 15 is 0 Å². The molecule has 0 heterocycles. The molecule has 22 heavy (non-hydrogen) atoms. The van der Waals surface area contributed by atoms with Crippen molar-refractivity contribution < 1.29 is 13.2 Å². The minimum absolute atomic E-state index is 0.136. The summed E-state index contributed by atoms with van der Waals surface area (Å²) >= 11 is 3.30. The molecule has 0 unspecified atom stereocenters. The second-order valence-corrected chi connectivity index (χ2v) is 8.88. The maximum atomic E-state index is 12.2. The maximum Gasteiger partial charge on any atom is 0.235 e. The van der Waals surface area contributed by atoms with Crippen LogP contribution in [0.4, 0.5) is 0 Å². The lowest BCUT2D eigenvalue weighted by atomic mass is 9.98. The Labute approximate surface area is 139 Å². The topological polar surface area (TPSA) is 89.3 Å². The van der Waals surface area contributed by atoms with Crippen LogP contribution in [0.1, 0.15) is 31.2 Å². The lowest BCUT2D eigenvalue weighted by Crippen LogP contribution is -2.53. The molecule has 0 spiro atoms. The van der Waals surface area contributed by atoms with Gasteiger partial charge in [0.25, 0.3) is 0 Å². The quantitative estimate of drug-likeness (QED) is 0.776. The summed E-state index contributed by atoms with van der Waals surface area (Å²) in [5.74, 6) is -1.09. The Morgan fingerprint density at radius 1 is 1.23 bits per heavy atom. The second kappa shape index (κ2) is 7.10. The Morgan fingerprint density at radius 3 is 2.36 bits per heavy atom. The van der Waals surface area contributed by atoms with Gasteiger partial charge in [0.2, 0.25) is 5.91 Å². The van der Waals surface area contributed by atoms with E-state index in [9.17, 15) is 13.2 Å². The highest BCUT2D eigenvalue weighted by atomic mass is 79.9. The number of halogens is 1. The third kappa shape index (κ3) is 4.79. The Morgan fingerprint density at radius 2 is 1.82 bits per heavy atom. The highest BCUT2D eigenvalue weighted by Crippen LogP contribution is 2.28. The largest absolute Gasteiger partial charge is 0.349 e. The molecule has 3 N–H and O–H groups in total. The number of carbonyl (C=O) groups excluding carboxylic acids is 1. The summed E-state index contributed by atoms with van der Waals surface area (Å²) in [6.45, 7) is 0.353. The summed E-state index contributed by atoms with van der Waals surface area (Å²) in [5.41, 5.74) is 6.01. The van der Waals surface area contributed by atoms with Crippen molar-refractivity contribution in [1.29, 1.82) is 0 Å². The number of hydrogen-bond acceptors (Lipinski definition) is 4. The second-order valence-electron chi connectivity index (χ2n) is 5.90. The van der Waals surface area contributed by atoms with E-state index in [4.69, 9.17) is 5.73 Å². The van der Waals surface area contributed by atoms with Crippen LogP contribution in [0.3, 0.4) is 0 Å². The Kier molecular flexibility index (Phi) is 5.63. The van der Waals surface area contributed by atoms with Crippen LogP contribution in [-0.4, -0.2) is 32.2 Å². The first kappa shape index (κ1) is 17.4. The van der Waals surface area contributed by atoms with Gasteiger partial charge in [-0.1, -0.05) is 40.9 Å². The minimum Gasteiger partial charge on any atom is -0.349 e. The molecule has 1 aliphatic carbocycles. The SMILES string of the molecule is NCC1(NC(=O)CS(=O)(=O)Cc2ccc(Br)cc2)CCCC1. The number of carbonyl (C=O) groups is 1. The van der Waals surface area contributed by atoms with E-state index in [-0.39, 0.29) is 5.75 Å². The molecule has 1 aromatic rings. The fraction of sp³-hybridized carbons (Fsp3) is 0.533. The summed E-state index contributed by atoms with van der Waals surface area (Å²) < 4.78 is 25.2. The van der Waals surface area contributed by atoms with Crippen LogP contribution in [0.2, 0.25) is 0 Å². The molecule has 0 saturated heterocycles. The van der Waals surface area contributed by atoms with Gasteiger partial charge in [-0.25, -0.2) is 8.42 Å². The van der Waals surface area contributed by atoms with Gasteiger partial charge < -0.3 is 11.1 Å². The molecule has 0 radical (unpaired) electrons. The molecule has 1 aromatic carbocycles. The van der Waals surface area contributed by atoms with E-state index < -0.39 is 27.0 Å². The van der Waals surface area contributed by atoms with Crippen molar-refractivity contribution in [2.24, 2.45) is 5.73 Å². The van der Waals surface area contributed by atoms with Crippen LogP contribution in [0.15, 0.2) is 28.7 Å². The predicted molar refractivity (Wildman–Crippen MR) is 90.0 cm³/mol. The van der Waals surface area contributed by atoms with E-state index in [1.165, 1.54) is 0 Å². The van der Waals surface area contributed by atoms with Crippen LogP contribution < -0.4 is 11.1 Å². The van der Waals surface area contributed by atoms with Gasteiger partial charge in [0.05, 0.1) is 11.3 Å². The zero-order valence-corrected chi connectivity index (χ0v) is 14.7. The smallest absolute Gasteiger partial charge is 0.235 e. The monoisotopic (exact) mass is 388 g/mol. The summed E-state index contributed by atoms with van der Waals surface area (Å²) in [6.07, 6.45) is 3.68. The molecule has 5 nitrogen and oxygen atoms in total. The van der Waals surface area contributed by atoms with Gasteiger partial charge in [-0.05, 0) is 30.5 Å². The van der Waals surface area contributed by atoms with Crippen molar-refractivity contribution in [2.45, 2.75) is 37.0 Å². The van der Waals surface area contributed by atoms with Crippen LogP contribution in [0.25, 0.3) is 0 Å². The number of nitrogens with one attached hydrogen (secondary N) is 1. The average Bonchev–Trinajstić information content (AvgIpc) is 2.89. The summed E-state index contributed by atoms with van der Waals surface area (Å²) in [4.78, 5) is 12.1. The Bertz CT molecular complexity index is 623. The number of nitrogens with two attached hydrogens (primary N) is 1. The van der Waals surface area contributed by atoms with Gasteiger partial charge in [-0.2, -0.15) is 0 Å². The van der Waals surface area contributed by atoms with Crippen molar-refractivity contribution in [3.63, 3.8) is 0 Å². The highest BCUT2D eigenvalue weighted by Gasteiger charge is 2.34. The number of amides is 1. The Hall–Kier alpha value is -0.920. The first-order valence-electron chi connectivity index (χ1n) is 7.30. The Balaban J connectivity index is 1.96. The van der Waals surface area contributed by atoms with E-state index in [1.54, 1.807) is 24.3 Å². The zero-order chi connectivity index (χ0) is 16.2. The van der Waals surface area contributed by atoms with Gasteiger partial charge in [0, 0.05) is 11.0 Å². The highest BCUT2D eigenvalue weighted by molar-refractivity contribution is 9.10. The van der Waals surface area contributed by atoms with E-state index in [0.717, 1.165) is 30.2 Å². The first-order chi connectivity index (χ1) is 10.3. The van der Waals surface area contributed by atoms with Gasteiger partial charge in [0.1, 0.15) is 5.75 Å². The number of sulfone groups is 1. The van der Waals surface area contributed by atoms with E-state index in [1.807, 2.05) is 0 Å².